The smallest absolute Gasteiger partial charge is 0.326 e. The first-order valence-electron chi connectivity index (χ1n) is 6.47. The molecular weight excluding hydrogens is 315 g/mol. The number of rotatable bonds is 5. The number of amides is 2. The summed E-state index contributed by atoms with van der Waals surface area (Å²) in [5, 5.41) is 15.1. The molecule has 3 N–H and O–H groups in total. The molecule has 1 aromatic carbocycles. The van der Waals surface area contributed by atoms with E-state index in [1.165, 1.54) is 0 Å². The summed E-state index contributed by atoms with van der Waals surface area (Å²) in [5.74, 6) is -1.29. The molecule has 0 spiro atoms. The number of carboxylic acid groups (broad SMARTS) is 1. The molecule has 2 amide bonds. The number of hydrogen-bond donors (Lipinski definition) is 3. The van der Waals surface area contributed by atoms with Crippen LogP contribution in [0.2, 0.25) is 10.0 Å². The number of hydrogen-bond acceptors (Lipinski definition) is 2. The molecule has 1 rings (SSSR count). The van der Waals surface area contributed by atoms with Crippen LogP contribution >= 0.6 is 23.2 Å². The fourth-order valence-electron chi connectivity index (χ4n) is 1.82. The maximum Gasteiger partial charge on any atom is 0.326 e. The van der Waals surface area contributed by atoms with Gasteiger partial charge in [0, 0.05) is 10.0 Å². The number of nitrogens with one attached hydrogen (secondary N) is 2. The Bertz CT molecular complexity index is 535. The minimum absolute atomic E-state index is 0.220. The van der Waals surface area contributed by atoms with Gasteiger partial charge in [-0.25, -0.2) is 9.59 Å². The molecule has 7 heteroatoms. The normalized spacial score (nSPS) is 13.6. The second kappa shape index (κ2) is 7.52. The van der Waals surface area contributed by atoms with Crippen LogP contribution in [0.4, 0.5) is 4.79 Å². The van der Waals surface area contributed by atoms with Gasteiger partial charge in [0.25, 0.3) is 0 Å². The molecule has 1 aromatic rings. The Labute approximate surface area is 133 Å². The van der Waals surface area contributed by atoms with Gasteiger partial charge < -0.3 is 15.7 Å². The maximum atomic E-state index is 11.9. The SMILES string of the molecule is CC(NC(=O)N[C@@H](C(=O)O)C(C)C)c1ccc(Cl)cc1Cl. The van der Waals surface area contributed by atoms with E-state index in [0.717, 1.165) is 0 Å². The number of urea groups is 1. The number of carbonyl (C=O) groups is 2. The van der Waals surface area contributed by atoms with Crippen LogP contribution in [-0.2, 0) is 4.79 Å². The van der Waals surface area contributed by atoms with Gasteiger partial charge in [-0.3, -0.25) is 0 Å². The fraction of sp³-hybridized carbons (Fsp3) is 0.429. The topological polar surface area (TPSA) is 78.4 Å². The van der Waals surface area contributed by atoms with E-state index < -0.39 is 18.0 Å². The first-order valence-corrected chi connectivity index (χ1v) is 7.22. The van der Waals surface area contributed by atoms with Gasteiger partial charge in [-0.05, 0) is 30.5 Å². The van der Waals surface area contributed by atoms with Gasteiger partial charge in [0.2, 0.25) is 0 Å². The summed E-state index contributed by atoms with van der Waals surface area (Å²) in [5.41, 5.74) is 0.702. The second-order valence-electron chi connectivity index (χ2n) is 5.07. The lowest BCUT2D eigenvalue weighted by atomic mass is 10.1. The first kappa shape index (κ1) is 17.6. The molecule has 0 aliphatic rings. The summed E-state index contributed by atoms with van der Waals surface area (Å²) in [6.07, 6.45) is 0. The zero-order valence-electron chi connectivity index (χ0n) is 12.0. The minimum Gasteiger partial charge on any atom is -0.480 e. The first-order chi connectivity index (χ1) is 9.72. The molecule has 2 atom stereocenters. The molecule has 1 unspecified atom stereocenters. The predicted octanol–water partition coefficient (Wildman–Crippen LogP) is 3.46. The Kier molecular flexibility index (Phi) is 6.30. The lowest BCUT2D eigenvalue weighted by Gasteiger charge is -2.21. The van der Waals surface area contributed by atoms with Crippen LogP contribution in [0, 0.1) is 5.92 Å². The quantitative estimate of drug-likeness (QED) is 0.772. The Morgan fingerprint density at radius 3 is 2.24 bits per heavy atom. The minimum atomic E-state index is -1.07. The van der Waals surface area contributed by atoms with E-state index in [2.05, 4.69) is 10.6 Å². The summed E-state index contributed by atoms with van der Waals surface area (Å²) in [4.78, 5) is 22.9. The average Bonchev–Trinajstić information content (AvgIpc) is 2.34. The highest BCUT2D eigenvalue weighted by Crippen LogP contribution is 2.25. The Morgan fingerprint density at radius 2 is 1.76 bits per heavy atom. The molecule has 0 aliphatic carbocycles. The molecule has 0 bridgehead atoms. The molecule has 21 heavy (non-hydrogen) atoms. The van der Waals surface area contributed by atoms with Crippen LogP contribution in [0.3, 0.4) is 0 Å². The molecule has 0 radical (unpaired) electrons. The van der Waals surface area contributed by atoms with Crippen molar-refractivity contribution >= 4 is 35.2 Å². The summed E-state index contributed by atoms with van der Waals surface area (Å²) < 4.78 is 0. The van der Waals surface area contributed by atoms with Crippen LogP contribution in [0.15, 0.2) is 18.2 Å². The van der Waals surface area contributed by atoms with Crippen LogP contribution < -0.4 is 10.6 Å². The third-order valence-electron chi connectivity index (χ3n) is 3.00. The van der Waals surface area contributed by atoms with E-state index >= 15 is 0 Å². The molecule has 0 fully saturated rings. The van der Waals surface area contributed by atoms with Crippen LogP contribution in [0.5, 0.6) is 0 Å². The van der Waals surface area contributed by atoms with Crippen molar-refractivity contribution in [2.45, 2.75) is 32.9 Å². The van der Waals surface area contributed by atoms with Crippen molar-refractivity contribution in [3.8, 4) is 0 Å². The number of carbonyl (C=O) groups excluding carboxylic acids is 1. The van der Waals surface area contributed by atoms with Crippen LogP contribution in [0.25, 0.3) is 0 Å². The van der Waals surface area contributed by atoms with E-state index in [4.69, 9.17) is 28.3 Å². The zero-order chi connectivity index (χ0) is 16.2. The molecule has 0 aromatic heterocycles. The Hall–Kier alpha value is -1.46. The van der Waals surface area contributed by atoms with Crippen molar-refractivity contribution in [3.05, 3.63) is 33.8 Å². The maximum absolute atomic E-state index is 11.9. The highest BCUT2D eigenvalue weighted by atomic mass is 35.5. The standard InChI is InChI=1S/C14H18Cl2N2O3/c1-7(2)12(13(19)20)18-14(21)17-8(3)10-5-4-9(15)6-11(10)16/h4-8,12H,1-3H3,(H,19,20)(H2,17,18,21)/t8?,12-/m1/s1. The summed E-state index contributed by atoms with van der Waals surface area (Å²) in [6, 6.07) is 3.09. The molecule has 0 saturated carbocycles. The molecular formula is C14H18Cl2N2O3. The highest BCUT2D eigenvalue weighted by molar-refractivity contribution is 6.35. The van der Waals surface area contributed by atoms with Crippen molar-refractivity contribution in [2.24, 2.45) is 5.92 Å². The van der Waals surface area contributed by atoms with Crippen molar-refractivity contribution in [1.29, 1.82) is 0 Å². The largest absolute Gasteiger partial charge is 0.480 e. The third-order valence-corrected chi connectivity index (χ3v) is 3.56. The van der Waals surface area contributed by atoms with Crippen LogP contribution in [-0.4, -0.2) is 23.1 Å². The molecule has 0 aliphatic heterocycles. The van der Waals surface area contributed by atoms with Gasteiger partial charge in [-0.1, -0.05) is 43.1 Å². The van der Waals surface area contributed by atoms with E-state index in [1.54, 1.807) is 39.0 Å². The molecule has 5 nitrogen and oxygen atoms in total. The molecule has 116 valence electrons. The fourth-order valence-corrected chi connectivity index (χ4v) is 2.40. The highest BCUT2D eigenvalue weighted by Gasteiger charge is 2.24. The third kappa shape index (κ3) is 5.10. The van der Waals surface area contributed by atoms with Crippen molar-refractivity contribution < 1.29 is 14.7 Å². The number of carboxylic acids is 1. The number of benzene rings is 1. The number of aliphatic carboxylic acids is 1. The molecule has 0 heterocycles. The van der Waals surface area contributed by atoms with Gasteiger partial charge in [-0.2, -0.15) is 0 Å². The van der Waals surface area contributed by atoms with E-state index in [-0.39, 0.29) is 12.0 Å². The summed E-state index contributed by atoms with van der Waals surface area (Å²) >= 11 is 11.9. The average molecular weight is 333 g/mol. The Balaban J connectivity index is 2.71. The van der Waals surface area contributed by atoms with Gasteiger partial charge in [0.1, 0.15) is 6.04 Å². The summed E-state index contributed by atoms with van der Waals surface area (Å²) in [6.45, 7) is 5.19. The van der Waals surface area contributed by atoms with Gasteiger partial charge in [0.05, 0.1) is 6.04 Å². The lowest BCUT2D eigenvalue weighted by Crippen LogP contribution is -2.49. The van der Waals surface area contributed by atoms with E-state index in [1.807, 2.05) is 0 Å². The van der Waals surface area contributed by atoms with Crippen molar-refractivity contribution in [1.82, 2.24) is 10.6 Å². The van der Waals surface area contributed by atoms with Crippen LogP contribution in [0.1, 0.15) is 32.4 Å². The van der Waals surface area contributed by atoms with E-state index in [0.29, 0.717) is 15.6 Å². The lowest BCUT2D eigenvalue weighted by molar-refractivity contribution is -0.140. The van der Waals surface area contributed by atoms with Gasteiger partial charge in [0.15, 0.2) is 0 Å². The van der Waals surface area contributed by atoms with Gasteiger partial charge >= 0.3 is 12.0 Å². The number of halogens is 2. The van der Waals surface area contributed by atoms with Crippen molar-refractivity contribution in [2.75, 3.05) is 0 Å². The van der Waals surface area contributed by atoms with Gasteiger partial charge in [-0.15, -0.1) is 0 Å². The Morgan fingerprint density at radius 1 is 1.14 bits per heavy atom. The van der Waals surface area contributed by atoms with E-state index in [9.17, 15) is 9.59 Å². The zero-order valence-corrected chi connectivity index (χ0v) is 13.5. The monoisotopic (exact) mass is 332 g/mol. The van der Waals surface area contributed by atoms with Crippen molar-refractivity contribution in [3.63, 3.8) is 0 Å². The predicted molar refractivity (Wildman–Crippen MR) is 82.8 cm³/mol. The molecule has 0 saturated heterocycles. The summed E-state index contributed by atoms with van der Waals surface area (Å²) in [7, 11) is 0. The second-order valence-corrected chi connectivity index (χ2v) is 5.91.